The summed E-state index contributed by atoms with van der Waals surface area (Å²) < 4.78 is 0. The van der Waals surface area contributed by atoms with Gasteiger partial charge in [0, 0.05) is 0 Å². The summed E-state index contributed by atoms with van der Waals surface area (Å²) >= 11 is 0. The fraction of sp³-hybridized carbons (Fsp3) is 0.0526. The minimum absolute atomic E-state index is 0.00481. The van der Waals surface area contributed by atoms with Gasteiger partial charge in [-0.2, -0.15) is 0 Å². The lowest BCUT2D eigenvalue weighted by Gasteiger charge is -2.30. The maximum atomic E-state index is 6.44. The van der Waals surface area contributed by atoms with E-state index in [0.29, 0.717) is 0 Å². The van der Waals surface area contributed by atoms with E-state index in [4.69, 9.17) is 5.84 Å². The summed E-state index contributed by atoms with van der Waals surface area (Å²) in [5, 5.41) is 1.82. The Labute approximate surface area is 125 Å². The Balaban J connectivity index is 2.05. The Morgan fingerprint density at radius 3 is 1.38 bits per heavy atom. The first-order valence-electron chi connectivity index (χ1n) is 7.05. The SMILES string of the molecule is NN(c1ccccc1)C(c1ccccc1)c1ccccc1. The summed E-state index contributed by atoms with van der Waals surface area (Å²) in [6, 6.07) is 30.7. The number of nitrogens with zero attached hydrogens (tertiary/aromatic N) is 1. The van der Waals surface area contributed by atoms with Gasteiger partial charge in [-0.25, -0.2) is 5.84 Å². The van der Waals surface area contributed by atoms with E-state index in [1.54, 1.807) is 0 Å². The summed E-state index contributed by atoms with van der Waals surface area (Å²) in [5.74, 6) is 6.44. The predicted octanol–water partition coefficient (Wildman–Crippen LogP) is 4.16. The van der Waals surface area contributed by atoms with Gasteiger partial charge in [-0.3, -0.25) is 5.01 Å². The molecule has 0 aliphatic heterocycles. The topological polar surface area (TPSA) is 29.3 Å². The normalized spacial score (nSPS) is 10.6. The lowest BCUT2D eigenvalue weighted by Crippen LogP contribution is -2.35. The first-order chi connectivity index (χ1) is 10.4. The molecule has 0 saturated carbocycles. The van der Waals surface area contributed by atoms with Crippen LogP contribution < -0.4 is 10.9 Å². The van der Waals surface area contributed by atoms with Crippen LogP contribution in [0.15, 0.2) is 91.0 Å². The van der Waals surface area contributed by atoms with E-state index in [9.17, 15) is 0 Å². The molecular weight excluding hydrogens is 256 g/mol. The zero-order valence-electron chi connectivity index (χ0n) is 11.8. The molecule has 0 aromatic heterocycles. The van der Waals surface area contributed by atoms with E-state index in [1.165, 1.54) is 11.1 Å². The van der Waals surface area contributed by atoms with Gasteiger partial charge >= 0.3 is 0 Å². The minimum Gasteiger partial charge on any atom is -0.299 e. The average molecular weight is 274 g/mol. The van der Waals surface area contributed by atoms with Gasteiger partial charge in [0.15, 0.2) is 0 Å². The summed E-state index contributed by atoms with van der Waals surface area (Å²) in [5.41, 5.74) is 3.35. The van der Waals surface area contributed by atoms with Gasteiger partial charge in [0.1, 0.15) is 0 Å². The van der Waals surface area contributed by atoms with Crippen molar-refractivity contribution in [3.05, 3.63) is 102 Å². The summed E-state index contributed by atoms with van der Waals surface area (Å²) in [4.78, 5) is 0. The molecule has 3 aromatic rings. The highest BCUT2D eigenvalue weighted by Crippen LogP contribution is 2.30. The Kier molecular flexibility index (Phi) is 3.99. The third kappa shape index (κ3) is 2.96. The monoisotopic (exact) mass is 274 g/mol. The maximum absolute atomic E-state index is 6.44. The second-order valence-electron chi connectivity index (χ2n) is 4.97. The molecule has 0 aliphatic rings. The zero-order chi connectivity index (χ0) is 14.5. The highest BCUT2D eigenvalue weighted by Gasteiger charge is 2.19. The lowest BCUT2D eigenvalue weighted by atomic mass is 9.98. The molecule has 3 aromatic carbocycles. The molecular formula is C19H18N2. The Morgan fingerprint density at radius 2 is 0.952 bits per heavy atom. The van der Waals surface area contributed by atoms with Crippen molar-refractivity contribution in [2.45, 2.75) is 6.04 Å². The Hall–Kier alpha value is -2.58. The predicted molar refractivity (Wildman–Crippen MR) is 87.8 cm³/mol. The molecule has 2 heteroatoms. The second kappa shape index (κ2) is 6.25. The van der Waals surface area contributed by atoms with Gasteiger partial charge in [0.25, 0.3) is 0 Å². The minimum atomic E-state index is -0.00481. The Morgan fingerprint density at radius 1 is 0.571 bits per heavy atom. The van der Waals surface area contributed by atoms with Crippen molar-refractivity contribution in [2.75, 3.05) is 5.01 Å². The number of rotatable bonds is 4. The van der Waals surface area contributed by atoms with Crippen LogP contribution in [0.4, 0.5) is 5.69 Å². The zero-order valence-corrected chi connectivity index (χ0v) is 11.8. The average Bonchev–Trinajstić information content (AvgIpc) is 2.58. The summed E-state index contributed by atoms with van der Waals surface area (Å²) in [6.07, 6.45) is 0. The molecule has 0 aliphatic carbocycles. The van der Waals surface area contributed by atoms with Crippen molar-refractivity contribution >= 4 is 5.69 Å². The Bertz CT molecular complexity index is 626. The number of anilines is 1. The maximum Gasteiger partial charge on any atom is 0.0952 e. The molecule has 0 unspecified atom stereocenters. The van der Waals surface area contributed by atoms with Gasteiger partial charge in [-0.05, 0) is 23.3 Å². The molecule has 2 N–H and O–H groups in total. The van der Waals surface area contributed by atoms with E-state index in [0.717, 1.165) is 5.69 Å². The van der Waals surface area contributed by atoms with Gasteiger partial charge < -0.3 is 0 Å². The van der Waals surface area contributed by atoms with Gasteiger partial charge in [-0.15, -0.1) is 0 Å². The van der Waals surface area contributed by atoms with Crippen molar-refractivity contribution in [3.63, 3.8) is 0 Å². The van der Waals surface area contributed by atoms with E-state index < -0.39 is 0 Å². The standard InChI is InChI=1S/C19H18N2/c20-21(18-14-8-3-9-15-18)19(16-10-4-1-5-11-16)17-12-6-2-7-13-17/h1-15,19H,20H2. The molecule has 104 valence electrons. The van der Waals surface area contributed by atoms with Gasteiger partial charge in [0.2, 0.25) is 0 Å². The molecule has 0 fully saturated rings. The smallest absolute Gasteiger partial charge is 0.0952 e. The number of hydrogen-bond donors (Lipinski definition) is 1. The van der Waals surface area contributed by atoms with Crippen molar-refractivity contribution in [2.24, 2.45) is 5.84 Å². The van der Waals surface area contributed by atoms with Gasteiger partial charge in [-0.1, -0.05) is 78.9 Å². The van der Waals surface area contributed by atoms with Gasteiger partial charge in [0.05, 0.1) is 11.7 Å². The first kappa shape index (κ1) is 13.4. The van der Waals surface area contributed by atoms with Crippen molar-refractivity contribution in [1.82, 2.24) is 0 Å². The van der Waals surface area contributed by atoms with Crippen LogP contribution in [0.5, 0.6) is 0 Å². The van der Waals surface area contributed by atoms with Crippen LogP contribution in [0.2, 0.25) is 0 Å². The fourth-order valence-electron chi connectivity index (χ4n) is 2.53. The van der Waals surface area contributed by atoms with E-state index in [-0.39, 0.29) is 6.04 Å². The lowest BCUT2D eigenvalue weighted by molar-refractivity contribution is 0.735. The quantitative estimate of drug-likeness (QED) is 0.572. The molecule has 0 atom stereocenters. The molecule has 0 radical (unpaired) electrons. The number of para-hydroxylation sites is 1. The molecule has 21 heavy (non-hydrogen) atoms. The highest BCUT2D eigenvalue weighted by atomic mass is 15.4. The third-order valence-corrected chi connectivity index (χ3v) is 3.56. The fourth-order valence-corrected chi connectivity index (χ4v) is 2.53. The summed E-state index contributed by atoms with van der Waals surface area (Å²) in [7, 11) is 0. The van der Waals surface area contributed by atoms with Crippen LogP contribution in [-0.4, -0.2) is 0 Å². The van der Waals surface area contributed by atoms with Crippen molar-refractivity contribution in [1.29, 1.82) is 0 Å². The van der Waals surface area contributed by atoms with E-state index in [2.05, 4.69) is 24.3 Å². The van der Waals surface area contributed by atoms with Crippen LogP contribution >= 0.6 is 0 Å². The van der Waals surface area contributed by atoms with Crippen molar-refractivity contribution < 1.29 is 0 Å². The molecule has 2 nitrogen and oxygen atoms in total. The van der Waals surface area contributed by atoms with E-state index in [1.807, 2.05) is 71.7 Å². The van der Waals surface area contributed by atoms with Crippen LogP contribution in [0, 0.1) is 0 Å². The highest BCUT2D eigenvalue weighted by molar-refractivity contribution is 5.50. The third-order valence-electron chi connectivity index (χ3n) is 3.56. The van der Waals surface area contributed by atoms with Crippen LogP contribution in [-0.2, 0) is 0 Å². The van der Waals surface area contributed by atoms with Crippen LogP contribution in [0.3, 0.4) is 0 Å². The molecule has 0 saturated heterocycles. The number of hydrogen-bond acceptors (Lipinski definition) is 2. The summed E-state index contributed by atoms with van der Waals surface area (Å²) in [6.45, 7) is 0. The molecule has 0 heterocycles. The van der Waals surface area contributed by atoms with Crippen LogP contribution in [0.25, 0.3) is 0 Å². The molecule has 0 amide bonds. The first-order valence-corrected chi connectivity index (χ1v) is 7.05. The molecule has 0 bridgehead atoms. The van der Waals surface area contributed by atoms with Crippen molar-refractivity contribution in [3.8, 4) is 0 Å². The second-order valence-corrected chi connectivity index (χ2v) is 4.97. The van der Waals surface area contributed by atoms with Crippen LogP contribution in [0.1, 0.15) is 17.2 Å². The number of hydrazine groups is 1. The van der Waals surface area contributed by atoms with E-state index >= 15 is 0 Å². The number of nitrogens with two attached hydrogens (primary N) is 1. The number of benzene rings is 3. The molecule has 0 spiro atoms. The largest absolute Gasteiger partial charge is 0.299 e. The molecule has 3 rings (SSSR count).